The molecule has 22 heavy (non-hydrogen) atoms. The maximum Gasteiger partial charge on any atom is 0.253 e. The third-order valence-corrected chi connectivity index (χ3v) is 4.51. The van der Waals surface area contributed by atoms with E-state index in [9.17, 15) is 4.79 Å². The summed E-state index contributed by atoms with van der Waals surface area (Å²) in [5.41, 5.74) is 6.15. The number of nitrogens with two attached hydrogens (primary N) is 1. The van der Waals surface area contributed by atoms with Crippen molar-refractivity contribution < 1.29 is 4.79 Å². The molecule has 0 aromatic carbocycles. The highest BCUT2D eigenvalue weighted by Crippen LogP contribution is 2.39. The van der Waals surface area contributed by atoms with Crippen LogP contribution in [0.5, 0.6) is 0 Å². The summed E-state index contributed by atoms with van der Waals surface area (Å²) in [5.74, 6) is 1.34. The molecule has 1 fully saturated rings. The van der Waals surface area contributed by atoms with Crippen molar-refractivity contribution in [2.45, 2.75) is 45.6 Å². The van der Waals surface area contributed by atoms with Crippen LogP contribution in [0.15, 0.2) is 18.3 Å². The first kappa shape index (κ1) is 16.7. The van der Waals surface area contributed by atoms with E-state index in [-0.39, 0.29) is 11.4 Å². The molecule has 2 rings (SSSR count). The lowest BCUT2D eigenvalue weighted by molar-refractivity contribution is 0.0897. The van der Waals surface area contributed by atoms with Gasteiger partial charge in [0.15, 0.2) is 0 Å². The Morgan fingerprint density at radius 2 is 2.18 bits per heavy atom. The third-order valence-electron chi connectivity index (χ3n) is 4.51. The van der Waals surface area contributed by atoms with Crippen molar-refractivity contribution in [3.8, 4) is 0 Å². The minimum absolute atomic E-state index is 0.0857. The Morgan fingerprint density at radius 3 is 2.64 bits per heavy atom. The average Bonchev–Trinajstić information content (AvgIpc) is 3.38. The van der Waals surface area contributed by atoms with Crippen molar-refractivity contribution in [2.24, 2.45) is 11.7 Å². The van der Waals surface area contributed by atoms with Gasteiger partial charge in [-0.05, 0) is 51.2 Å². The molecule has 0 saturated heterocycles. The first-order valence-corrected chi connectivity index (χ1v) is 8.27. The molecule has 1 atom stereocenters. The Bertz CT molecular complexity index is 498. The van der Waals surface area contributed by atoms with Gasteiger partial charge in [0.05, 0.1) is 11.1 Å². The maximum absolute atomic E-state index is 12.4. The van der Waals surface area contributed by atoms with E-state index in [0.717, 1.165) is 38.2 Å². The fraction of sp³-hybridized carbons (Fsp3) is 0.647. The second-order valence-corrected chi connectivity index (χ2v) is 6.33. The zero-order valence-corrected chi connectivity index (χ0v) is 13.9. The van der Waals surface area contributed by atoms with Gasteiger partial charge in [-0.15, -0.1) is 0 Å². The van der Waals surface area contributed by atoms with Crippen molar-refractivity contribution >= 4 is 11.7 Å². The van der Waals surface area contributed by atoms with Crippen LogP contribution in [-0.4, -0.2) is 36.1 Å². The van der Waals surface area contributed by atoms with Gasteiger partial charge in [0, 0.05) is 25.8 Å². The van der Waals surface area contributed by atoms with E-state index in [1.807, 2.05) is 19.1 Å². The average molecular weight is 304 g/mol. The largest absolute Gasteiger partial charge is 0.357 e. The lowest BCUT2D eigenvalue weighted by Gasteiger charge is -2.29. The summed E-state index contributed by atoms with van der Waals surface area (Å²) in [6.45, 7) is 8.65. The summed E-state index contributed by atoms with van der Waals surface area (Å²) in [6, 6.07) is 3.77. The van der Waals surface area contributed by atoms with Crippen LogP contribution in [0.3, 0.4) is 0 Å². The Balaban J connectivity index is 2.04. The zero-order valence-electron chi connectivity index (χ0n) is 13.9. The number of anilines is 1. The number of hydrogen-bond donors (Lipinski definition) is 2. The zero-order chi connectivity index (χ0) is 16.2. The Morgan fingerprint density at radius 1 is 1.45 bits per heavy atom. The van der Waals surface area contributed by atoms with Gasteiger partial charge in [-0.2, -0.15) is 0 Å². The number of carbonyl (C=O) groups excluding carboxylic acids is 1. The molecule has 1 amide bonds. The van der Waals surface area contributed by atoms with Crippen LogP contribution in [-0.2, 0) is 0 Å². The first-order chi connectivity index (χ1) is 10.5. The van der Waals surface area contributed by atoms with Gasteiger partial charge in [0.25, 0.3) is 5.91 Å². The standard InChI is InChI=1S/C17H28N4O/c1-4-10-21(5-2)15-9-6-13(11-19-15)16(22)20-17(3,12-18)14-7-8-14/h6,9,11,14H,4-5,7-8,10,12,18H2,1-3H3,(H,20,22). The van der Waals surface area contributed by atoms with E-state index in [1.54, 1.807) is 6.20 Å². The number of nitrogens with one attached hydrogen (secondary N) is 1. The van der Waals surface area contributed by atoms with Crippen molar-refractivity contribution in [3.63, 3.8) is 0 Å². The van der Waals surface area contributed by atoms with Crippen molar-refractivity contribution in [1.29, 1.82) is 0 Å². The smallest absolute Gasteiger partial charge is 0.253 e. The van der Waals surface area contributed by atoms with Gasteiger partial charge in [-0.3, -0.25) is 4.79 Å². The molecule has 1 aromatic heterocycles. The molecule has 122 valence electrons. The lowest BCUT2D eigenvalue weighted by atomic mass is 9.95. The van der Waals surface area contributed by atoms with E-state index in [4.69, 9.17) is 5.73 Å². The van der Waals surface area contributed by atoms with Crippen LogP contribution in [0.4, 0.5) is 5.82 Å². The van der Waals surface area contributed by atoms with E-state index in [0.29, 0.717) is 18.0 Å². The predicted molar refractivity (Wildman–Crippen MR) is 90.1 cm³/mol. The summed E-state index contributed by atoms with van der Waals surface area (Å²) >= 11 is 0. The highest BCUT2D eigenvalue weighted by atomic mass is 16.1. The highest BCUT2D eigenvalue weighted by Gasteiger charge is 2.41. The van der Waals surface area contributed by atoms with Gasteiger partial charge in [0.2, 0.25) is 0 Å². The number of carbonyl (C=O) groups is 1. The molecular weight excluding hydrogens is 276 g/mol. The van der Waals surface area contributed by atoms with E-state index in [1.165, 1.54) is 0 Å². The number of pyridine rings is 1. The molecule has 1 aliphatic rings. The molecular formula is C17H28N4O. The van der Waals surface area contributed by atoms with Crippen LogP contribution in [0.2, 0.25) is 0 Å². The van der Waals surface area contributed by atoms with Crippen LogP contribution in [0, 0.1) is 5.92 Å². The number of amides is 1. The molecule has 1 aliphatic carbocycles. The molecule has 1 unspecified atom stereocenters. The van der Waals surface area contributed by atoms with Gasteiger partial charge in [-0.1, -0.05) is 6.92 Å². The van der Waals surface area contributed by atoms with E-state index >= 15 is 0 Å². The predicted octanol–water partition coefficient (Wildman–Crippen LogP) is 2.18. The minimum atomic E-state index is -0.298. The second kappa shape index (κ2) is 7.09. The van der Waals surface area contributed by atoms with Gasteiger partial charge in [0.1, 0.15) is 5.82 Å². The number of nitrogens with zero attached hydrogens (tertiary/aromatic N) is 2. The Labute approximate surface area is 133 Å². The summed E-state index contributed by atoms with van der Waals surface area (Å²) in [6.07, 6.45) is 5.03. The molecule has 3 N–H and O–H groups in total. The number of aromatic nitrogens is 1. The van der Waals surface area contributed by atoms with Gasteiger partial charge >= 0.3 is 0 Å². The summed E-state index contributed by atoms with van der Waals surface area (Å²) < 4.78 is 0. The summed E-state index contributed by atoms with van der Waals surface area (Å²) in [5, 5.41) is 3.09. The van der Waals surface area contributed by atoms with Crippen molar-refractivity contribution in [1.82, 2.24) is 10.3 Å². The molecule has 5 heteroatoms. The second-order valence-electron chi connectivity index (χ2n) is 6.33. The Hall–Kier alpha value is -1.62. The molecule has 1 aromatic rings. The molecule has 0 spiro atoms. The molecule has 0 aliphatic heterocycles. The lowest BCUT2D eigenvalue weighted by Crippen LogP contribution is -2.53. The molecule has 0 bridgehead atoms. The monoisotopic (exact) mass is 304 g/mol. The fourth-order valence-corrected chi connectivity index (χ4v) is 2.78. The normalized spacial score (nSPS) is 16.9. The van der Waals surface area contributed by atoms with Crippen LogP contribution in [0.25, 0.3) is 0 Å². The molecule has 0 radical (unpaired) electrons. The fourth-order valence-electron chi connectivity index (χ4n) is 2.78. The van der Waals surface area contributed by atoms with Crippen molar-refractivity contribution in [3.05, 3.63) is 23.9 Å². The SMILES string of the molecule is CCCN(CC)c1ccc(C(=O)NC(C)(CN)C2CC2)cn1. The molecule has 1 heterocycles. The Kier molecular flexibility index (Phi) is 5.40. The van der Waals surface area contributed by atoms with Crippen LogP contribution < -0.4 is 16.0 Å². The highest BCUT2D eigenvalue weighted by molar-refractivity contribution is 5.94. The van der Waals surface area contributed by atoms with E-state index in [2.05, 4.69) is 29.0 Å². The van der Waals surface area contributed by atoms with Crippen LogP contribution >= 0.6 is 0 Å². The molecule has 5 nitrogen and oxygen atoms in total. The topological polar surface area (TPSA) is 71.2 Å². The third kappa shape index (κ3) is 3.77. The van der Waals surface area contributed by atoms with E-state index < -0.39 is 0 Å². The first-order valence-electron chi connectivity index (χ1n) is 8.27. The molecule has 1 saturated carbocycles. The quantitative estimate of drug-likeness (QED) is 0.772. The van der Waals surface area contributed by atoms with Crippen molar-refractivity contribution in [2.75, 3.05) is 24.5 Å². The van der Waals surface area contributed by atoms with Crippen LogP contribution in [0.1, 0.15) is 50.4 Å². The summed E-state index contributed by atoms with van der Waals surface area (Å²) in [7, 11) is 0. The summed E-state index contributed by atoms with van der Waals surface area (Å²) in [4.78, 5) is 19.1. The number of rotatable bonds is 8. The minimum Gasteiger partial charge on any atom is -0.357 e. The van der Waals surface area contributed by atoms with Gasteiger partial charge in [-0.25, -0.2) is 4.98 Å². The number of hydrogen-bond acceptors (Lipinski definition) is 4. The maximum atomic E-state index is 12.4. The van der Waals surface area contributed by atoms with Gasteiger partial charge < -0.3 is 16.0 Å².